The van der Waals surface area contributed by atoms with E-state index < -0.39 is 0 Å². The lowest BCUT2D eigenvalue weighted by atomic mass is 9.90. The average molecular weight is 196 g/mol. The topological polar surface area (TPSA) is 66.0 Å². The zero-order valence-corrected chi connectivity index (χ0v) is 8.39. The Morgan fingerprint density at radius 3 is 3.07 bits per heavy atom. The van der Waals surface area contributed by atoms with Crippen LogP contribution in [0.4, 0.5) is 0 Å². The number of nitrogens with zero attached hydrogens (tertiary/aromatic N) is 3. The Labute approximate surface area is 83.3 Å². The van der Waals surface area contributed by atoms with Gasteiger partial charge in [-0.1, -0.05) is 0 Å². The van der Waals surface area contributed by atoms with Crippen molar-refractivity contribution in [1.82, 2.24) is 14.8 Å². The summed E-state index contributed by atoms with van der Waals surface area (Å²) in [5.41, 5.74) is 5.66. The highest BCUT2D eigenvalue weighted by molar-refractivity contribution is 4.86. The van der Waals surface area contributed by atoms with Gasteiger partial charge in [0, 0.05) is 12.6 Å². The number of aromatic nitrogens is 3. The molecule has 0 unspecified atom stereocenters. The second kappa shape index (κ2) is 4.06. The van der Waals surface area contributed by atoms with Crippen LogP contribution >= 0.6 is 0 Å². The van der Waals surface area contributed by atoms with Gasteiger partial charge in [0.1, 0.15) is 12.9 Å². The largest absolute Gasteiger partial charge is 0.370 e. The van der Waals surface area contributed by atoms with Crippen molar-refractivity contribution in [2.45, 2.75) is 45.1 Å². The smallest absolute Gasteiger partial charge is 0.152 e. The summed E-state index contributed by atoms with van der Waals surface area (Å²) in [6, 6.07) is 0.337. The van der Waals surface area contributed by atoms with Crippen molar-refractivity contribution < 1.29 is 4.74 Å². The molecule has 0 bridgehead atoms. The molecule has 0 radical (unpaired) electrons. The van der Waals surface area contributed by atoms with Crippen LogP contribution < -0.4 is 5.73 Å². The highest BCUT2D eigenvalue weighted by atomic mass is 16.5. The van der Waals surface area contributed by atoms with Crippen molar-refractivity contribution in [2.75, 3.05) is 0 Å². The van der Waals surface area contributed by atoms with Gasteiger partial charge >= 0.3 is 0 Å². The minimum absolute atomic E-state index is 0.326. The fraction of sp³-hybridized carbons (Fsp3) is 0.778. The van der Waals surface area contributed by atoms with Crippen LogP contribution in [0.15, 0.2) is 6.33 Å². The maximum Gasteiger partial charge on any atom is 0.152 e. The van der Waals surface area contributed by atoms with E-state index in [1.54, 1.807) is 6.33 Å². The first-order chi connectivity index (χ1) is 6.79. The minimum Gasteiger partial charge on any atom is -0.370 e. The molecule has 5 nitrogen and oxygen atoms in total. The van der Waals surface area contributed by atoms with Gasteiger partial charge in [0.15, 0.2) is 5.82 Å². The van der Waals surface area contributed by atoms with E-state index in [4.69, 9.17) is 10.5 Å². The van der Waals surface area contributed by atoms with E-state index in [1.165, 1.54) is 0 Å². The van der Waals surface area contributed by atoms with Crippen LogP contribution in [0.5, 0.6) is 0 Å². The fourth-order valence-electron chi connectivity index (χ4n) is 1.60. The Hall–Kier alpha value is -0.940. The summed E-state index contributed by atoms with van der Waals surface area (Å²) in [4.78, 5) is 4.13. The first kappa shape index (κ1) is 9.61. The predicted molar refractivity (Wildman–Crippen MR) is 51.5 cm³/mol. The number of rotatable bonds is 4. The molecular weight excluding hydrogens is 180 g/mol. The average Bonchev–Trinajstić information content (AvgIpc) is 2.57. The first-order valence-electron chi connectivity index (χ1n) is 5.03. The third kappa shape index (κ3) is 1.93. The molecule has 0 aliphatic heterocycles. The van der Waals surface area contributed by atoms with E-state index in [0.717, 1.165) is 25.2 Å². The molecule has 0 aromatic carbocycles. The zero-order chi connectivity index (χ0) is 9.97. The summed E-state index contributed by atoms with van der Waals surface area (Å²) in [7, 11) is 0. The van der Waals surface area contributed by atoms with Crippen LogP contribution in [0.3, 0.4) is 0 Å². The Kier molecular flexibility index (Phi) is 2.79. The lowest BCUT2D eigenvalue weighted by Crippen LogP contribution is -2.41. The lowest BCUT2D eigenvalue weighted by Gasteiger charge is -2.31. The van der Waals surface area contributed by atoms with Crippen LogP contribution in [0.2, 0.25) is 0 Å². The van der Waals surface area contributed by atoms with Crippen LogP contribution in [-0.4, -0.2) is 26.9 Å². The number of hydrogen-bond donors (Lipinski definition) is 1. The molecule has 1 aromatic rings. The van der Waals surface area contributed by atoms with Gasteiger partial charge in [0.2, 0.25) is 0 Å². The molecular formula is C9H16N4O. The van der Waals surface area contributed by atoms with Gasteiger partial charge < -0.3 is 10.5 Å². The number of ether oxygens (including phenoxy) is 1. The third-order valence-corrected chi connectivity index (χ3v) is 2.57. The summed E-state index contributed by atoms with van der Waals surface area (Å²) < 4.78 is 7.48. The molecule has 1 fully saturated rings. The van der Waals surface area contributed by atoms with Gasteiger partial charge in [-0.15, -0.1) is 0 Å². The molecule has 1 heterocycles. The summed E-state index contributed by atoms with van der Waals surface area (Å²) in [5.74, 6) is 0.896. The van der Waals surface area contributed by atoms with E-state index in [0.29, 0.717) is 18.8 Å². The normalized spacial score (nSPS) is 26.1. The van der Waals surface area contributed by atoms with Crippen molar-refractivity contribution in [2.24, 2.45) is 5.73 Å². The van der Waals surface area contributed by atoms with Gasteiger partial charge in [-0.2, -0.15) is 5.10 Å². The second-order valence-corrected chi connectivity index (χ2v) is 3.66. The molecule has 0 spiro atoms. The monoisotopic (exact) mass is 196 g/mol. The molecule has 1 saturated carbocycles. The number of aryl methyl sites for hydroxylation is 1. The van der Waals surface area contributed by atoms with Crippen LogP contribution in [0.1, 0.15) is 25.6 Å². The highest BCUT2D eigenvalue weighted by Gasteiger charge is 2.26. The van der Waals surface area contributed by atoms with Gasteiger partial charge in [-0.25, -0.2) is 9.67 Å². The molecule has 0 amide bonds. The Balaban J connectivity index is 1.80. The Morgan fingerprint density at radius 1 is 1.64 bits per heavy atom. The molecule has 2 rings (SSSR count). The summed E-state index contributed by atoms with van der Waals surface area (Å²) in [6.07, 6.45) is 3.84. The lowest BCUT2D eigenvalue weighted by molar-refractivity contribution is -0.0228. The molecule has 1 aromatic heterocycles. The zero-order valence-electron chi connectivity index (χ0n) is 8.39. The van der Waals surface area contributed by atoms with Gasteiger partial charge in [-0.05, 0) is 19.8 Å². The van der Waals surface area contributed by atoms with E-state index in [9.17, 15) is 0 Å². The fourth-order valence-corrected chi connectivity index (χ4v) is 1.60. The van der Waals surface area contributed by atoms with E-state index in [1.807, 2.05) is 11.6 Å². The van der Waals surface area contributed by atoms with Gasteiger partial charge in [0.05, 0.1) is 6.10 Å². The molecule has 5 heteroatoms. The van der Waals surface area contributed by atoms with Crippen molar-refractivity contribution >= 4 is 0 Å². The second-order valence-electron chi connectivity index (χ2n) is 3.66. The van der Waals surface area contributed by atoms with Crippen molar-refractivity contribution in [1.29, 1.82) is 0 Å². The Morgan fingerprint density at radius 2 is 2.43 bits per heavy atom. The summed E-state index contributed by atoms with van der Waals surface area (Å²) in [6.45, 7) is 3.42. The predicted octanol–water partition coefficient (Wildman–Crippen LogP) is 0.304. The first-order valence-corrected chi connectivity index (χ1v) is 5.03. The molecule has 2 N–H and O–H groups in total. The van der Waals surface area contributed by atoms with E-state index >= 15 is 0 Å². The van der Waals surface area contributed by atoms with Gasteiger partial charge in [0.25, 0.3) is 0 Å². The molecule has 78 valence electrons. The summed E-state index contributed by atoms with van der Waals surface area (Å²) >= 11 is 0. The van der Waals surface area contributed by atoms with Crippen LogP contribution in [-0.2, 0) is 17.9 Å². The van der Waals surface area contributed by atoms with Crippen LogP contribution in [0, 0.1) is 0 Å². The molecule has 14 heavy (non-hydrogen) atoms. The standard InChI is InChI=1S/C9H16N4O/c1-2-13-9(11-6-12-13)5-14-8-3-7(10)4-8/h6-8H,2-5,10H2,1H3. The van der Waals surface area contributed by atoms with Crippen molar-refractivity contribution in [3.05, 3.63) is 12.2 Å². The van der Waals surface area contributed by atoms with Gasteiger partial charge in [-0.3, -0.25) is 0 Å². The minimum atomic E-state index is 0.326. The van der Waals surface area contributed by atoms with Crippen LogP contribution in [0.25, 0.3) is 0 Å². The molecule has 1 aliphatic rings. The Bertz CT molecular complexity index is 293. The van der Waals surface area contributed by atoms with Crippen molar-refractivity contribution in [3.8, 4) is 0 Å². The molecule has 1 aliphatic carbocycles. The molecule has 0 saturated heterocycles. The maximum atomic E-state index is 5.66. The quantitative estimate of drug-likeness (QED) is 0.752. The van der Waals surface area contributed by atoms with E-state index in [2.05, 4.69) is 10.1 Å². The molecule has 0 atom stereocenters. The maximum absolute atomic E-state index is 5.66. The number of hydrogen-bond acceptors (Lipinski definition) is 4. The highest BCUT2D eigenvalue weighted by Crippen LogP contribution is 2.21. The number of nitrogens with two attached hydrogens (primary N) is 1. The third-order valence-electron chi connectivity index (χ3n) is 2.57. The summed E-state index contributed by atoms with van der Waals surface area (Å²) in [5, 5.41) is 4.07. The SMILES string of the molecule is CCn1ncnc1COC1CC(N)C1. The van der Waals surface area contributed by atoms with E-state index in [-0.39, 0.29) is 0 Å². The van der Waals surface area contributed by atoms with Crippen molar-refractivity contribution in [3.63, 3.8) is 0 Å².